The first-order valence-electron chi connectivity index (χ1n) is 14.0. The van der Waals surface area contributed by atoms with E-state index in [2.05, 4.69) is 48.5 Å². The van der Waals surface area contributed by atoms with Crippen LogP contribution in [0.3, 0.4) is 0 Å². The van der Waals surface area contributed by atoms with Gasteiger partial charge in [-0.3, -0.25) is 4.79 Å². The molecule has 0 saturated heterocycles. The molecule has 192 valence electrons. The van der Waals surface area contributed by atoms with Gasteiger partial charge in [0.25, 0.3) is 0 Å². The Morgan fingerprint density at radius 3 is 2.35 bits per heavy atom. The van der Waals surface area contributed by atoms with Gasteiger partial charge < -0.3 is 9.84 Å². The number of rotatable bonds is 6. The first-order valence-corrected chi connectivity index (χ1v) is 14.0. The molecular formula is C30H48O4. The van der Waals surface area contributed by atoms with E-state index in [4.69, 9.17) is 4.74 Å². The van der Waals surface area contributed by atoms with Crippen molar-refractivity contribution in [3.63, 3.8) is 0 Å². The highest BCUT2D eigenvalue weighted by Crippen LogP contribution is 2.73. The molecule has 0 aromatic rings. The molecule has 0 amide bonds. The lowest BCUT2D eigenvalue weighted by molar-refractivity contribution is -0.222. The van der Waals surface area contributed by atoms with Crippen LogP contribution in [0.1, 0.15) is 113 Å². The average molecular weight is 473 g/mol. The van der Waals surface area contributed by atoms with Crippen molar-refractivity contribution in [1.82, 2.24) is 0 Å². The molecule has 3 fully saturated rings. The molecule has 0 aromatic heterocycles. The van der Waals surface area contributed by atoms with Gasteiger partial charge in [-0.05, 0) is 84.9 Å². The largest absolute Gasteiger partial charge is 0.478 e. The van der Waals surface area contributed by atoms with Crippen LogP contribution >= 0.6 is 0 Å². The number of hydrogen-bond acceptors (Lipinski definition) is 3. The van der Waals surface area contributed by atoms with Crippen LogP contribution in [0.15, 0.2) is 11.6 Å². The highest BCUT2D eigenvalue weighted by Gasteiger charge is 2.69. The maximum atomic E-state index is 13.0. The van der Waals surface area contributed by atoms with Gasteiger partial charge in [-0.25, -0.2) is 4.79 Å². The van der Waals surface area contributed by atoms with Crippen LogP contribution in [0.25, 0.3) is 0 Å². The Kier molecular flexibility index (Phi) is 6.56. The number of carboxylic acid groups (broad SMARTS) is 1. The molecule has 3 saturated carbocycles. The molecular weight excluding hydrogens is 424 g/mol. The molecule has 0 unspecified atom stereocenters. The zero-order valence-corrected chi connectivity index (χ0v) is 22.7. The number of aliphatic carboxylic acids is 1. The molecule has 4 rings (SSSR count). The summed E-state index contributed by atoms with van der Waals surface area (Å²) in [5.74, 6) is 0.794. The maximum absolute atomic E-state index is 13.0. The third-order valence-corrected chi connectivity index (χ3v) is 11.7. The molecule has 1 N–H and O–H groups in total. The van der Waals surface area contributed by atoms with Crippen molar-refractivity contribution in [3.8, 4) is 0 Å². The molecule has 4 aliphatic rings. The van der Waals surface area contributed by atoms with E-state index >= 15 is 0 Å². The highest BCUT2D eigenvalue weighted by atomic mass is 16.5. The highest BCUT2D eigenvalue weighted by molar-refractivity contribution is 5.89. The number of carbonyl (C=O) groups is 2. The Morgan fingerprint density at radius 2 is 1.74 bits per heavy atom. The normalized spacial score (nSPS) is 45.7. The molecule has 0 aromatic carbocycles. The van der Waals surface area contributed by atoms with E-state index in [1.54, 1.807) is 0 Å². The summed E-state index contributed by atoms with van der Waals surface area (Å²) >= 11 is 0. The van der Waals surface area contributed by atoms with Crippen LogP contribution in [0.4, 0.5) is 0 Å². The number of ether oxygens (including phenoxy) is 1. The van der Waals surface area contributed by atoms with E-state index in [1.165, 1.54) is 32.1 Å². The van der Waals surface area contributed by atoms with Crippen LogP contribution < -0.4 is 0 Å². The number of hydrogen-bond donors (Lipinski definition) is 1. The molecule has 4 nitrogen and oxygen atoms in total. The lowest BCUT2D eigenvalue weighted by Gasteiger charge is -2.69. The minimum absolute atomic E-state index is 0.0700. The van der Waals surface area contributed by atoms with Gasteiger partial charge in [-0.2, -0.15) is 0 Å². The van der Waals surface area contributed by atoms with E-state index in [9.17, 15) is 14.7 Å². The first kappa shape index (κ1) is 25.8. The number of fused-ring (bicyclic) bond motifs is 5. The zero-order valence-electron chi connectivity index (χ0n) is 22.7. The second-order valence-corrected chi connectivity index (χ2v) is 13.7. The SMILES string of the molecule is CC[C@@]1(C)CCC[C@]2(C)[C@H]3C[C@H](OC(=O)CCC(C)C)[C@]4(C)C(C(=O)O)=CC[C@H]4[C@]3(C)CC[C@@H]12. The Morgan fingerprint density at radius 1 is 1.06 bits per heavy atom. The summed E-state index contributed by atoms with van der Waals surface area (Å²) in [6.45, 7) is 16.2. The summed E-state index contributed by atoms with van der Waals surface area (Å²) in [4.78, 5) is 25.4. The second-order valence-electron chi connectivity index (χ2n) is 13.7. The monoisotopic (exact) mass is 472 g/mol. The van der Waals surface area contributed by atoms with Crippen LogP contribution in [0.5, 0.6) is 0 Å². The topological polar surface area (TPSA) is 63.6 Å². The molecule has 4 aliphatic carbocycles. The van der Waals surface area contributed by atoms with Gasteiger partial charge in [0.1, 0.15) is 6.10 Å². The third-order valence-electron chi connectivity index (χ3n) is 11.7. The molecule has 8 atom stereocenters. The van der Waals surface area contributed by atoms with Crippen LogP contribution in [0.2, 0.25) is 0 Å². The zero-order chi connectivity index (χ0) is 25.1. The van der Waals surface area contributed by atoms with Crippen molar-refractivity contribution >= 4 is 11.9 Å². The first-order chi connectivity index (χ1) is 15.8. The second kappa shape index (κ2) is 8.66. The summed E-state index contributed by atoms with van der Waals surface area (Å²) in [7, 11) is 0. The van der Waals surface area contributed by atoms with Crippen molar-refractivity contribution in [3.05, 3.63) is 11.6 Å². The van der Waals surface area contributed by atoms with Gasteiger partial charge in [0, 0.05) is 17.4 Å². The lowest BCUT2D eigenvalue weighted by Crippen LogP contribution is -2.64. The Hall–Kier alpha value is -1.32. The van der Waals surface area contributed by atoms with Crippen molar-refractivity contribution < 1.29 is 19.4 Å². The number of carbonyl (C=O) groups excluding carboxylic acids is 1. The summed E-state index contributed by atoms with van der Waals surface area (Å²) in [5, 5.41) is 10.2. The molecule has 0 bridgehead atoms. The fourth-order valence-electron chi connectivity index (χ4n) is 9.69. The van der Waals surface area contributed by atoms with E-state index in [0.717, 1.165) is 25.7 Å². The maximum Gasteiger partial charge on any atom is 0.331 e. The minimum Gasteiger partial charge on any atom is -0.478 e. The molecule has 0 aliphatic heterocycles. The third kappa shape index (κ3) is 3.68. The lowest BCUT2D eigenvalue weighted by atomic mass is 9.36. The molecule has 0 radical (unpaired) electrons. The Labute approximate surface area is 207 Å². The van der Waals surface area contributed by atoms with Crippen molar-refractivity contribution in [1.29, 1.82) is 0 Å². The summed E-state index contributed by atoms with van der Waals surface area (Å²) < 4.78 is 6.29. The number of carboxylic acids is 1. The average Bonchev–Trinajstić information content (AvgIpc) is 3.13. The number of esters is 1. The molecule has 0 spiro atoms. The molecule has 34 heavy (non-hydrogen) atoms. The van der Waals surface area contributed by atoms with Gasteiger partial charge in [0.05, 0.1) is 0 Å². The Bertz CT molecular complexity index is 860. The van der Waals surface area contributed by atoms with Crippen LogP contribution in [0, 0.1) is 45.3 Å². The fourth-order valence-corrected chi connectivity index (χ4v) is 9.69. The standard InChI is InChI=1S/C30H48O4/c1-8-27(4)15-9-16-28(5)21(27)14-17-29(6)22-12-11-20(26(32)33)30(22,7)24(18-23(28)29)34-25(31)13-10-19(2)3/h11,19,21-24H,8-10,12-18H2,1-7H3,(H,32,33)/t21-,22-,23+,24-,27-,28-,29-,30+/m0/s1. The molecule has 4 heteroatoms. The van der Waals surface area contributed by atoms with E-state index in [0.29, 0.717) is 35.2 Å². The number of allylic oxidation sites excluding steroid dienone is 1. The van der Waals surface area contributed by atoms with Crippen molar-refractivity contribution in [2.75, 3.05) is 0 Å². The molecule has 0 heterocycles. The minimum atomic E-state index is -0.841. The predicted octanol–water partition coefficient (Wildman–Crippen LogP) is 7.41. The van der Waals surface area contributed by atoms with Crippen molar-refractivity contribution in [2.24, 2.45) is 45.3 Å². The van der Waals surface area contributed by atoms with Gasteiger partial charge in [0.2, 0.25) is 0 Å². The van der Waals surface area contributed by atoms with E-state index < -0.39 is 11.4 Å². The summed E-state index contributed by atoms with van der Waals surface area (Å²) in [6, 6.07) is 0. The van der Waals surface area contributed by atoms with Crippen molar-refractivity contribution in [2.45, 2.75) is 119 Å². The van der Waals surface area contributed by atoms with Gasteiger partial charge >= 0.3 is 11.9 Å². The predicted molar refractivity (Wildman–Crippen MR) is 135 cm³/mol. The fraction of sp³-hybridized carbons (Fsp3) is 0.867. The van der Waals surface area contributed by atoms with Gasteiger partial charge in [0.15, 0.2) is 0 Å². The van der Waals surface area contributed by atoms with Crippen LogP contribution in [-0.2, 0) is 14.3 Å². The van der Waals surface area contributed by atoms with Gasteiger partial charge in [-0.15, -0.1) is 0 Å². The van der Waals surface area contributed by atoms with Crippen LogP contribution in [-0.4, -0.2) is 23.1 Å². The van der Waals surface area contributed by atoms with E-state index in [1.807, 2.05) is 6.08 Å². The smallest absolute Gasteiger partial charge is 0.331 e. The summed E-state index contributed by atoms with van der Waals surface area (Å²) in [5.41, 5.74) is 0.523. The quantitative estimate of drug-likeness (QED) is 0.409. The Balaban J connectivity index is 1.73. The summed E-state index contributed by atoms with van der Waals surface area (Å²) in [6.07, 6.45) is 11.8. The van der Waals surface area contributed by atoms with E-state index in [-0.39, 0.29) is 28.8 Å². The van der Waals surface area contributed by atoms with Gasteiger partial charge in [-0.1, -0.05) is 67.4 Å².